The molecule has 2 rings (SSSR count). The molecule has 0 aliphatic heterocycles. The molecule has 2 N–H and O–H groups in total. The van der Waals surface area contributed by atoms with Crippen LogP contribution in [0.3, 0.4) is 0 Å². The quantitative estimate of drug-likeness (QED) is 0.845. The Kier molecular flexibility index (Phi) is 2.90. The van der Waals surface area contributed by atoms with Crippen LogP contribution in [-0.4, -0.2) is 37.4 Å². The molecule has 0 bridgehead atoms. The first-order valence-electron chi connectivity index (χ1n) is 5.54. The van der Waals surface area contributed by atoms with E-state index in [0.29, 0.717) is 16.9 Å². The molecule has 18 heavy (non-hydrogen) atoms. The van der Waals surface area contributed by atoms with E-state index >= 15 is 0 Å². The van der Waals surface area contributed by atoms with Crippen LogP contribution in [0.4, 0.5) is 5.82 Å². The lowest BCUT2D eigenvalue weighted by molar-refractivity contribution is -0.134. The highest BCUT2D eigenvalue weighted by molar-refractivity contribution is 5.87. The van der Waals surface area contributed by atoms with Crippen molar-refractivity contribution in [3.63, 3.8) is 0 Å². The van der Waals surface area contributed by atoms with Crippen LogP contribution in [0.1, 0.15) is 20.8 Å². The second kappa shape index (κ2) is 4.25. The van der Waals surface area contributed by atoms with Crippen molar-refractivity contribution >= 4 is 22.8 Å². The molecule has 0 aliphatic carbocycles. The Balaban J connectivity index is 2.45. The summed E-state index contributed by atoms with van der Waals surface area (Å²) >= 11 is 0. The second-order valence-electron chi connectivity index (χ2n) is 4.93. The Hall–Kier alpha value is -2.18. The average Bonchev–Trinajstić information content (AvgIpc) is 2.69. The maximum Gasteiger partial charge on any atom is 0.322 e. The van der Waals surface area contributed by atoms with Crippen LogP contribution in [-0.2, 0) is 10.3 Å². The van der Waals surface area contributed by atoms with Gasteiger partial charge in [-0.3, -0.25) is 4.79 Å². The highest BCUT2D eigenvalue weighted by Gasteiger charge is 2.19. The number of aromatic nitrogens is 4. The van der Waals surface area contributed by atoms with Gasteiger partial charge in [-0.2, -0.15) is 5.10 Å². The Labute approximate surface area is 104 Å². The van der Waals surface area contributed by atoms with E-state index in [9.17, 15) is 4.79 Å². The zero-order valence-electron chi connectivity index (χ0n) is 10.5. The molecule has 2 aromatic heterocycles. The maximum absolute atomic E-state index is 10.5. The largest absolute Gasteiger partial charge is 0.480 e. The number of nitrogens with one attached hydrogen (secondary N) is 1. The smallest absolute Gasteiger partial charge is 0.322 e. The van der Waals surface area contributed by atoms with Crippen LogP contribution in [0.25, 0.3) is 11.0 Å². The number of carbonyl (C=O) groups is 1. The Morgan fingerprint density at radius 3 is 2.78 bits per heavy atom. The number of carboxylic acid groups (broad SMARTS) is 1. The number of anilines is 1. The highest BCUT2D eigenvalue weighted by atomic mass is 16.4. The van der Waals surface area contributed by atoms with Crippen LogP contribution >= 0.6 is 0 Å². The minimum absolute atomic E-state index is 0.188. The summed E-state index contributed by atoms with van der Waals surface area (Å²) < 4.78 is 1.79. The predicted molar refractivity (Wildman–Crippen MR) is 66.4 cm³/mol. The van der Waals surface area contributed by atoms with E-state index in [4.69, 9.17) is 5.11 Å². The number of rotatable bonds is 3. The molecule has 0 atom stereocenters. The first kappa shape index (κ1) is 12.3. The molecule has 0 fully saturated rings. The van der Waals surface area contributed by atoms with Gasteiger partial charge >= 0.3 is 5.97 Å². The normalized spacial score (nSPS) is 11.7. The lowest BCUT2D eigenvalue weighted by atomic mass is 10.1. The number of nitrogens with zero attached hydrogens (tertiary/aromatic N) is 4. The molecule has 0 aliphatic rings. The summed E-state index contributed by atoms with van der Waals surface area (Å²) in [5, 5.41) is 16.4. The van der Waals surface area contributed by atoms with E-state index in [1.165, 1.54) is 6.33 Å². The molecular weight excluding hydrogens is 234 g/mol. The van der Waals surface area contributed by atoms with Crippen LogP contribution in [0.5, 0.6) is 0 Å². The molecule has 0 amide bonds. The van der Waals surface area contributed by atoms with Gasteiger partial charge in [0.2, 0.25) is 0 Å². The summed E-state index contributed by atoms with van der Waals surface area (Å²) in [5.41, 5.74) is 0.491. The van der Waals surface area contributed by atoms with Crippen LogP contribution in [0.2, 0.25) is 0 Å². The lowest BCUT2D eigenvalue weighted by Crippen LogP contribution is -2.23. The summed E-state index contributed by atoms with van der Waals surface area (Å²) in [6.45, 7) is 5.87. The van der Waals surface area contributed by atoms with E-state index in [-0.39, 0.29) is 12.1 Å². The first-order valence-corrected chi connectivity index (χ1v) is 5.54. The fourth-order valence-electron chi connectivity index (χ4n) is 1.64. The molecule has 0 radical (unpaired) electrons. The van der Waals surface area contributed by atoms with Gasteiger partial charge in [-0.25, -0.2) is 14.6 Å². The van der Waals surface area contributed by atoms with Crippen molar-refractivity contribution in [1.82, 2.24) is 19.7 Å². The molecule has 0 aromatic carbocycles. The molecule has 0 saturated heterocycles. The summed E-state index contributed by atoms with van der Waals surface area (Å²) in [6.07, 6.45) is 3.04. The molecule has 0 unspecified atom stereocenters. The third-order valence-corrected chi connectivity index (χ3v) is 2.41. The molecule has 2 heterocycles. The second-order valence-corrected chi connectivity index (χ2v) is 4.93. The average molecular weight is 249 g/mol. The number of aliphatic carboxylic acids is 1. The monoisotopic (exact) mass is 249 g/mol. The maximum atomic E-state index is 10.5. The van der Waals surface area contributed by atoms with Gasteiger partial charge in [0.1, 0.15) is 18.7 Å². The SMILES string of the molecule is CC(C)(C)n1ncc2c(NCC(=O)O)ncnc21. The van der Waals surface area contributed by atoms with Crippen LogP contribution in [0, 0.1) is 0 Å². The number of hydrogen-bond acceptors (Lipinski definition) is 5. The van der Waals surface area contributed by atoms with Gasteiger partial charge in [0.15, 0.2) is 5.65 Å². The zero-order chi connectivity index (χ0) is 13.3. The molecule has 7 nitrogen and oxygen atoms in total. The number of carboxylic acids is 1. The molecule has 0 saturated carbocycles. The van der Waals surface area contributed by atoms with Crippen LogP contribution in [0.15, 0.2) is 12.5 Å². The van der Waals surface area contributed by atoms with Crippen molar-refractivity contribution in [3.8, 4) is 0 Å². The third kappa shape index (κ3) is 2.24. The fraction of sp³-hybridized carbons (Fsp3) is 0.455. The number of hydrogen-bond donors (Lipinski definition) is 2. The van der Waals surface area contributed by atoms with Crippen molar-refractivity contribution in [2.75, 3.05) is 11.9 Å². The highest BCUT2D eigenvalue weighted by Crippen LogP contribution is 2.23. The predicted octanol–water partition coefficient (Wildman–Crippen LogP) is 1.08. The summed E-state index contributed by atoms with van der Waals surface area (Å²) in [4.78, 5) is 18.8. The molecule has 0 spiro atoms. The third-order valence-electron chi connectivity index (χ3n) is 2.41. The molecule has 2 aromatic rings. The van der Waals surface area contributed by atoms with E-state index in [1.54, 1.807) is 10.9 Å². The fourth-order valence-corrected chi connectivity index (χ4v) is 1.64. The van der Waals surface area contributed by atoms with Crippen molar-refractivity contribution in [1.29, 1.82) is 0 Å². The standard InChI is InChI=1S/C11H15N5O2/c1-11(2,3)16-10-7(4-15-16)9(13-6-14-10)12-5-8(17)18/h4,6H,5H2,1-3H3,(H,17,18)(H,12,13,14). The number of fused-ring (bicyclic) bond motifs is 1. The van der Waals surface area contributed by atoms with Gasteiger partial charge in [0.05, 0.1) is 17.1 Å². The first-order chi connectivity index (χ1) is 8.39. The lowest BCUT2D eigenvalue weighted by Gasteiger charge is -2.19. The van der Waals surface area contributed by atoms with E-state index in [0.717, 1.165) is 0 Å². The van der Waals surface area contributed by atoms with Gasteiger partial charge in [0, 0.05) is 0 Å². The molecular formula is C11H15N5O2. The van der Waals surface area contributed by atoms with Crippen molar-refractivity contribution < 1.29 is 9.90 Å². The van der Waals surface area contributed by atoms with Gasteiger partial charge in [-0.15, -0.1) is 0 Å². The van der Waals surface area contributed by atoms with Gasteiger partial charge in [-0.1, -0.05) is 0 Å². The van der Waals surface area contributed by atoms with Gasteiger partial charge < -0.3 is 10.4 Å². The minimum Gasteiger partial charge on any atom is -0.480 e. The summed E-state index contributed by atoms with van der Waals surface area (Å²) in [7, 11) is 0. The van der Waals surface area contributed by atoms with Gasteiger partial charge in [-0.05, 0) is 20.8 Å². The van der Waals surface area contributed by atoms with Crippen molar-refractivity contribution in [3.05, 3.63) is 12.5 Å². The Morgan fingerprint density at radius 2 is 2.17 bits per heavy atom. The minimum atomic E-state index is -0.940. The summed E-state index contributed by atoms with van der Waals surface area (Å²) in [6, 6.07) is 0. The van der Waals surface area contributed by atoms with E-state index in [2.05, 4.69) is 20.4 Å². The van der Waals surface area contributed by atoms with Crippen LogP contribution < -0.4 is 5.32 Å². The molecule has 96 valence electrons. The zero-order valence-corrected chi connectivity index (χ0v) is 10.5. The van der Waals surface area contributed by atoms with E-state index in [1.807, 2.05) is 20.8 Å². The topological polar surface area (TPSA) is 92.9 Å². The van der Waals surface area contributed by atoms with Crippen molar-refractivity contribution in [2.24, 2.45) is 0 Å². The van der Waals surface area contributed by atoms with Crippen molar-refractivity contribution in [2.45, 2.75) is 26.3 Å². The van der Waals surface area contributed by atoms with Gasteiger partial charge in [0.25, 0.3) is 0 Å². The summed E-state index contributed by atoms with van der Waals surface area (Å²) in [5.74, 6) is -0.456. The molecule has 7 heteroatoms. The Bertz CT molecular complexity index is 585. The van der Waals surface area contributed by atoms with E-state index < -0.39 is 5.97 Å². The Morgan fingerprint density at radius 1 is 1.44 bits per heavy atom.